The smallest absolute Gasteiger partial charge is 0.248 e. The molecule has 252 valence electrons. The zero-order valence-corrected chi connectivity index (χ0v) is 29.2. The first-order chi connectivity index (χ1) is 26.2. The Bertz CT molecular complexity index is 2800. The molecule has 2 fully saturated rings. The van der Waals surface area contributed by atoms with Crippen molar-refractivity contribution < 1.29 is 4.42 Å². The van der Waals surface area contributed by atoms with Crippen LogP contribution >= 0.6 is 0 Å². The summed E-state index contributed by atoms with van der Waals surface area (Å²) in [5.41, 5.74) is 14.1. The molecule has 4 heteroatoms. The van der Waals surface area contributed by atoms with Crippen molar-refractivity contribution in [1.29, 1.82) is 0 Å². The van der Waals surface area contributed by atoms with Crippen molar-refractivity contribution >= 4 is 21.8 Å². The predicted octanol–water partition coefficient (Wildman–Crippen LogP) is 12.5. The van der Waals surface area contributed by atoms with Gasteiger partial charge in [0.2, 0.25) is 11.8 Å². The van der Waals surface area contributed by atoms with Gasteiger partial charge in [0, 0.05) is 27.6 Å². The maximum absolute atomic E-state index is 6.05. The Balaban J connectivity index is 0.994. The van der Waals surface area contributed by atoms with Gasteiger partial charge in [-0.1, -0.05) is 116 Å². The van der Waals surface area contributed by atoms with Crippen molar-refractivity contribution in [3.8, 4) is 62.0 Å². The Morgan fingerprint density at radius 3 is 1.58 bits per heavy atom. The van der Waals surface area contributed by atoms with E-state index in [1.165, 1.54) is 60.9 Å². The maximum atomic E-state index is 6.05. The van der Waals surface area contributed by atoms with Gasteiger partial charge in [0.1, 0.15) is 0 Å². The Morgan fingerprint density at radius 2 is 0.943 bits per heavy atom. The fraction of sp³-hybridized carbons (Fsp3) is 0.102. The molecule has 2 aromatic heterocycles. The second kappa shape index (κ2) is 11.8. The third-order valence-electron chi connectivity index (χ3n) is 11.7. The van der Waals surface area contributed by atoms with Crippen LogP contribution < -0.4 is 0 Å². The number of fused-ring (bicyclic) bond motifs is 4. The highest BCUT2D eigenvalue weighted by atomic mass is 16.4. The molecular weight excluding hydrogens is 647 g/mol. The summed E-state index contributed by atoms with van der Waals surface area (Å²) in [5.74, 6) is 4.43. The summed E-state index contributed by atoms with van der Waals surface area (Å²) in [6, 6.07) is 60.8. The SMILES string of the molecule is CC1C2C(c3ccc4c(c3)c3cc(-c5ccccc5-c5ccccc5-c5ccc(-c6nnc(-c7ccccc7)o6)cc5)ccc3n4-c3ccccc3)C12. The average molecular weight is 682 g/mol. The molecule has 0 spiro atoms. The minimum Gasteiger partial charge on any atom is -0.416 e. The summed E-state index contributed by atoms with van der Waals surface area (Å²) in [4.78, 5) is 0. The number of benzene rings is 7. The van der Waals surface area contributed by atoms with Gasteiger partial charge in [-0.2, -0.15) is 0 Å². The highest BCUT2D eigenvalue weighted by molar-refractivity contribution is 6.11. The van der Waals surface area contributed by atoms with Crippen LogP contribution in [0.3, 0.4) is 0 Å². The van der Waals surface area contributed by atoms with Crippen molar-refractivity contribution in [1.82, 2.24) is 14.8 Å². The second-order valence-corrected chi connectivity index (χ2v) is 14.7. The molecule has 0 bridgehead atoms. The van der Waals surface area contributed by atoms with Gasteiger partial charge in [0.25, 0.3) is 0 Å². The summed E-state index contributed by atoms with van der Waals surface area (Å²) in [6.07, 6.45) is 0. The second-order valence-electron chi connectivity index (χ2n) is 14.7. The van der Waals surface area contributed by atoms with Gasteiger partial charge >= 0.3 is 0 Å². The molecule has 2 heterocycles. The third-order valence-corrected chi connectivity index (χ3v) is 11.7. The highest BCUT2D eigenvalue weighted by Crippen LogP contribution is 2.77. The van der Waals surface area contributed by atoms with Crippen LogP contribution in [-0.2, 0) is 0 Å². The number of aromatic nitrogens is 3. The van der Waals surface area contributed by atoms with Gasteiger partial charge in [0.15, 0.2) is 0 Å². The van der Waals surface area contributed by atoms with Crippen molar-refractivity contribution in [3.05, 3.63) is 175 Å². The molecule has 53 heavy (non-hydrogen) atoms. The normalized spacial score (nSPS) is 18.7. The first-order valence-corrected chi connectivity index (χ1v) is 18.5. The molecule has 7 aromatic carbocycles. The quantitative estimate of drug-likeness (QED) is 0.168. The van der Waals surface area contributed by atoms with Gasteiger partial charge in [0.05, 0.1) is 11.0 Å². The standard InChI is InChI=1S/C49H35N3O/c1-30-45-46(30)47(45)35-25-27-44-42(29-35)41-28-34(24-26-43(41)52(44)36-14-6-3-7-15-36)38-17-9-11-19-40(38)39-18-10-8-16-37(39)31-20-22-33(23-21-31)49-51-50-48(53-49)32-12-4-2-5-13-32/h2-30,45-47H,1H3. The minimum absolute atomic E-state index is 0.508. The van der Waals surface area contributed by atoms with Crippen molar-refractivity contribution in [2.45, 2.75) is 12.8 Å². The molecular formula is C49H35N3O. The minimum atomic E-state index is 0.508. The van der Waals surface area contributed by atoms with Gasteiger partial charge in [-0.05, 0) is 123 Å². The number of para-hydroxylation sites is 1. The molecule has 2 aliphatic carbocycles. The lowest BCUT2D eigenvalue weighted by Crippen LogP contribution is -1.96. The molecule has 2 unspecified atom stereocenters. The molecule has 2 saturated carbocycles. The Hall–Kier alpha value is -6.52. The first-order valence-electron chi connectivity index (χ1n) is 18.5. The molecule has 11 rings (SSSR count). The van der Waals surface area contributed by atoms with Gasteiger partial charge in [-0.3, -0.25) is 0 Å². The lowest BCUT2D eigenvalue weighted by atomic mass is 9.89. The average Bonchev–Trinajstić information content (AvgIpc) is 4.01. The highest BCUT2D eigenvalue weighted by Gasteiger charge is 2.70. The monoisotopic (exact) mass is 681 g/mol. The van der Waals surface area contributed by atoms with Crippen molar-refractivity contribution in [2.75, 3.05) is 0 Å². The van der Waals surface area contributed by atoms with Crippen LogP contribution in [0.1, 0.15) is 18.4 Å². The summed E-state index contributed by atoms with van der Waals surface area (Å²) in [7, 11) is 0. The van der Waals surface area contributed by atoms with Crippen LogP contribution in [0.5, 0.6) is 0 Å². The van der Waals surface area contributed by atoms with E-state index in [4.69, 9.17) is 4.42 Å². The Kier molecular flexibility index (Phi) is 6.69. The molecule has 0 aliphatic heterocycles. The fourth-order valence-corrected chi connectivity index (χ4v) is 8.88. The van der Waals surface area contributed by atoms with Gasteiger partial charge < -0.3 is 8.98 Å². The third kappa shape index (κ3) is 4.90. The van der Waals surface area contributed by atoms with E-state index in [0.29, 0.717) is 11.8 Å². The number of rotatable bonds is 7. The molecule has 9 aromatic rings. The molecule has 4 nitrogen and oxygen atoms in total. The summed E-state index contributed by atoms with van der Waals surface area (Å²) in [6.45, 7) is 2.40. The number of nitrogens with zero attached hydrogens (tertiary/aromatic N) is 3. The van der Waals surface area contributed by atoms with Crippen LogP contribution in [-0.4, -0.2) is 14.8 Å². The van der Waals surface area contributed by atoms with Crippen LogP contribution in [0.25, 0.3) is 83.8 Å². The summed E-state index contributed by atoms with van der Waals surface area (Å²) < 4.78 is 8.48. The number of hydrogen-bond donors (Lipinski definition) is 0. The van der Waals surface area contributed by atoms with Gasteiger partial charge in [-0.15, -0.1) is 10.2 Å². The summed E-state index contributed by atoms with van der Waals surface area (Å²) in [5, 5.41) is 11.3. The molecule has 0 saturated heterocycles. The van der Waals surface area contributed by atoms with Crippen LogP contribution in [0.4, 0.5) is 0 Å². The van der Waals surface area contributed by atoms with Gasteiger partial charge in [-0.25, -0.2) is 0 Å². The van der Waals surface area contributed by atoms with Crippen LogP contribution in [0.2, 0.25) is 0 Å². The van der Waals surface area contributed by atoms with E-state index in [2.05, 4.69) is 161 Å². The van der Waals surface area contributed by atoms with Crippen LogP contribution in [0, 0.1) is 17.8 Å². The molecule has 2 aliphatic rings. The molecule has 2 atom stereocenters. The topological polar surface area (TPSA) is 43.9 Å². The zero-order valence-electron chi connectivity index (χ0n) is 29.2. The van der Waals surface area contributed by atoms with E-state index in [0.717, 1.165) is 40.4 Å². The van der Waals surface area contributed by atoms with E-state index in [1.54, 1.807) is 0 Å². The number of hydrogen-bond acceptors (Lipinski definition) is 3. The molecule has 0 amide bonds. The van der Waals surface area contributed by atoms with E-state index >= 15 is 0 Å². The van der Waals surface area contributed by atoms with E-state index in [-0.39, 0.29) is 0 Å². The first kappa shape index (κ1) is 30.1. The molecule has 0 N–H and O–H groups in total. The summed E-state index contributed by atoms with van der Waals surface area (Å²) >= 11 is 0. The zero-order chi connectivity index (χ0) is 35.0. The lowest BCUT2D eigenvalue weighted by molar-refractivity contribution is 0.584. The predicted molar refractivity (Wildman–Crippen MR) is 215 cm³/mol. The largest absolute Gasteiger partial charge is 0.416 e. The van der Waals surface area contributed by atoms with Crippen molar-refractivity contribution in [3.63, 3.8) is 0 Å². The van der Waals surface area contributed by atoms with Crippen molar-refractivity contribution in [2.24, 2.45) is 17.8 Å². The van der Waals surface area contributed by atoms with E-state index in [1.807, 2.05) is 30.3 Å². The molecule has 0 radical (unpaired) electrons. The maximum Gasteiger partial charge on any atom is 0.248 e. The van der Waals surface area contributed by atoms with E-state index < -0.39 is 0 Å². The fourth-order valence-electron chi connectivity index (χ4n) is 8.88. The van der Waals surface area contributed by atoms with Crippen LogP contribution in [0.15, 0.2) is 174 Å². The lowest BCUT2D eigenvalue weighted by Gasteiger charge is -2.15. The van der Waals surface area contributed by atoms with E-state index in [9.17, 15) is 0 Å². The Morgan fingerprint density at radius 1 is 0.453 bits per heavy atom. The Labute approximate surface area is 308 Å².